The molecule has 0 atom stereocenters. The van der Waals surface area contributed by atoms with Gasteiger partial charge in [0.1, 0.15) is 11.6 Å². The van der Waals surface area contributed by atoms with Gasteiger partial charge in [0.05, 0.1) is 6.26 Å². The van der Waals surface area contributed by atoms with E-state index in [4.69, 9.17) is 4.42 Å². The van der Waals surface area contributed by atoms with Crippen LogP contribution in [0.3, 0.4) is 0 Å². The van der Waals surface area contributed by atoms with Crippen molar-refractivity contribution in [1.29, 1.82) is 0 Å². The molecule has 0 aliphatic heterocycles. The Kier molecular flexibility index (Phi) is 4.74. The molecule has 4 aromatic rings. The lowest BCUT2D eigenvalue weighted by atomic mass is 10.1. The van der Waals surface area contributed by atoms with Crippen molar-refractivity contribution in [3.05, 3.63) is 78.6 Å². The maximum atomic E-state index is 12.4. The minimum atomic E-state index is -0.143. The molecule has 0 fully saturated rings. The second kappa shape index (κ2) is 7.65. The molecule has 0 aliphatic carbocycles. The molecule has 0 bridgehead atoms. The summed E-state index contributed by atoms with van der Waals surface area (Å²) in [6.45, 7) is 0.450. The number of aromatic nitrogens is 4. The first-order valence-electron chi connectivity index (χ1n) is 8.53. The van der Waals surface area contributed by atoms with Crippen molar-refractivity contribution in [2.45, 2.75) is 6.42 Å². The molecule has 3 heterocycles. The zero-order valence-electron chi connectivity index (χ0n) is 14.4. The van der Waals surface area contributed by atoms with E-state index in [1.165, 1.54) is 0 Å². The third-order valence-corrected chi connectivity index (χ3v) is 4.03. The number of benzene rings is 1. The Labute approximate surface area is 155 Å². The largest absolute Gasteiger partial charge is 0.464 e. The Bertz CT molecular complexity index is 1030. The quantitative estimate of drug-likeness (QED) is 0.551. The van der Waals surface area contributed by atoms with Crippen LogP contribution in [0.15, 0.2) is 71.6 Å². The van der Waals surface area contributed by atoms with Crippen molar-refractivity contribution >= 4 is 5.91 Å². The van der Waals surface area contributed by atoms with Crippen molar-refractivity contribution < 1.29 is 9.21 Å². The second-order valence-electron chi connectivity index (χ2n) is 5.91. The van der Waals surface area contributed by atoms with E-state index < -0.39 is 0 Å². The van der Waals surface area contributed by atoms with E-state index in [2.05, 4.69) is 25.5 Å². The zero-order valence-corrected chi connectivity index (χ0v) is 14.4. The predicted molar refractivity (Wildman–Crippen MR) is 99.8 cm³/mol. The average Bonchev–Trinajstić information content (AvgIpc) is 3.41. The Morgan fingerprint density at radius 1 is 1.11 bits per heavy atom. The van der Waals surface area contributed by atoms with Crippen molar-refractivity contribution in [1.82, 2.24) is 25.5 Å². The van der Waals surface area contributed by atoms with Gasteiger partial charge in [0.25, 0.3) is 5.91 Å². The van der Waals surface area contributed by atoms with Crippen molar-refractivity contribution in [3.8, 4) is 22.7 Å². The smallest absolute Gasteiger partial charge is 0.251 e. The first-order valence-corrected chi connectivity index (χ1v) is 8.53. The SMILES string of the molecule is O=C(NCCc1nc(-c2cccnc2)n[nH]1)c1cccc(-c2ccco2)c1. The molecular weight excluding hydrogens is 342 g/mol. The van der Waals surface area contributed by atoms with Crippen molar-refractivity contribution in [2.75, 3.05) is 6.54 Å². The van der Waals surface area contributed by atoms with Crippen LogP contribution in [0.2, 0.25) is 0 Å². The summed E-state index contributed by atoms with van der Waals surface area (Å²) in [5.74, 6) is 1.89. The molecule has 1 amide bonds. The van der Waals surface area contributed by atoms with Crippen LogP contribution < -0.4 is 5.32 Å². The molecule has 1 aromatic carbocycles. The number of furan rings is 1. The van der Waals surface area contributed by atoms with Crippen LogP contribution >= 0.6 is 0 Å². The highest BCUT2D eigenvalue weighted by Crippen LogP contribution is 2.20. The monoisotopic (exact) mass is 359 g/mol. The highest BCUT2D eigenvalue weighted by molar-refractivity contribution is 5.95. The number of aromatic amines is 1. The standard InChI is InChI=1S/C20H17N5O2/c26-20(15-5-1-4-14(12-15)17-7-3-11-27-17)22-10-8-18-23-19(25-24-18)16-6-2-9-21-13-16/h1-7,9,11-13H,8,10H2,(H,22,26)(H,23,24,25). The zero-order chi connectivity index (χ0) is 18.5. The number of carbonyl (C=O) groups is 1. The first kappa shape index (κ1) is 16.7. The number of amides is 1. The number of hydrogen-bond donors (Lipinski definition) is 2. The second-order valence-corrected chi connectivity index (χ2v) is 5.91. The molecule has 4 rings (SSSR count). The summed E-state index contributed by atoms with van der Waals surface area (Å²) in [5.41, 5.74) is 2.29. The Morgan fingerprint density at radius 2 is 2.04 bits per heavy atom. The van der Waals surface area contributed by atoms with Gasteiger partial charge in [0.2, 0.25) is 0 Å². The van der Waals surface area contributed by atoms with Gasteiger partial charge < -0.3 is 9.73 Å². The van der Waals surface area contributed by atoms with Gasteiger partial charge in [-0.2, -0.15) is 5.10 Å². The fraction of sp³-hybridized carbons (Fsp3) is 0.100. The minimum absolute atomic E-state index is 0.143. The number of carbonyl (C=O) groups excluding carboxylic acids is 1. The summed E-state index contributed by atoms with van der Waals surface area (Å²) in [7, 11) is 0. The molecule has 7 nitrogen and oxygen atoms in total. The molecule has 0 radical (unpaired) electrons. The summed E-state index contributed by atoms with van der Waals surface area (Å²) >= 11 is 0. The van der Waals surface area contributed by atoms with Crippen LogP contribution in [-0.2, 0) is 6.42 Å². The first-order chi connectivity index (χ1) is 13.3. The number of rotatable bonds is 6. The van der Waals surface area contributed by atoms with E-state index in [0.29, 0.717) is 30.2 Å². The van der Waals surface area contributed by atoms with Crippen LogP contribution in [0.5, 0.6) is 0 Å². The van der Waals surface area contributed by atoms with Gasteiger partial charge >= 0.3 is 0 Å². The van der Waals surface area contributed by atoms with Gasteiger partial charge in [-0.3, -0.25) is 14.9 Å². The average molecular weight is 359 g/mol. The topological polar surface area (TPSA) is 96.7 Å². The fourth-order valence-corrected chi connectivity index (χ4v) is 2.68. The highest BCUT2D eigenvalue weighted by Gasteiger charge is 2.09. The van der Waals surface area contributed by atoms with Crippen LogP contribution in [0.4, 0.5) is 0 Å². The van der Waals surface area contributed by atoms with Gasteiger partial charge in [0.15, 0.2) is 5.82 Å². The van der Waals surface area contributed by atoms with E-state index in [1.807, 2.05) is 42.5 Å². The number of H-pyrrole nitrogens is 1. The normalized spacial score (nSPS) is 10.7. The number of nitrogens with zero attached hydrogens (tertiary/aromatic N) is 3. The lowest BCUT2D eigenvalue weighted by Crippen LogP contribution is -2.25. The Hall–Kier alpha value is -3.74. The van der Waals surface area contributed by atoms with E-state index >= 15 is 0 Å². The van der Waals surface area contributed by atoms with Gasteiger partial charge in [-0.15, -0.1) is 0 Å². The predicted octanol–water partition coefficient (Wildman–Crippen LogP) is 3.10. The van der Waals surface area contributed by atoms with Crippen LogP contribution in [0.1, 0.15) is 16.2 Å². The number of pyridine rings is 1. The van der Waals surface area contributed by atoms with E-state index in [-0.39, 0.29) is 5.91 Å². The van der Waals surface area contributed by atoms with Gasteiger partial charge in [0, 0.05) is 42.0 Å². The molecule has 7 heteroatoms. The summed E-state index contributed by atoms with van der Waals surface area (Å²) in [5, 5.41) is 9.98. The van der Waals surface area contributed by atoms with Crippen molar-refractivity contribution in [3.63, 3.8) is 0 Å². The molecule has 2 N–H and O–H groups in total. The minimum Gasteiger partial charge on any atom is -0.464 e. The van der Waals surface area contributed by atoms with Gasteiger partial charge in [-0.1, -0.05) is 12.1 Å². The van der Waals surface area contributed by atoms with Crippen LogP contribution in [0.25, 0.3) is 22.7 Å². The third-order valence-electron chi connectivity index (χ3n) is 4.03. The van der Waals surface area contributed by atoms with Gasteiger partial charge in [-0.05, 0) is 36.4 Å². The van der Waals surface area contributed by atoms with Gasteiger partial charge in [-0.25, -0.2) is 4.98 Å². The highest BCUT2D eigenvalue weighted by atomic mass is 16.3. The molecule has 0 unspecified atom stereocenters. The number of nitrogens with one attached hydrogen (secondary N) is 2. The maximum absolute atomic E-state index is 12.4. The molecule has 0 spiro atoms. The lowest BCUT2D eigenvalue weighted by molar-refractivity contribution is 0.0954. The Balaban J connectivity index is 1.35. The van der Waals surface area contributed by atoms with E-state index in [1.54, 1.807) is 24.7 Å². The third kappa shape index (κ3) is 3.92. The molecule has 3 aromatic heterocycles. The fourth-order valence-electron chi connectivity index (χ4n) is 2.68. The summed E-state index contributed by atoms with van der Waals surface area (Å²) in [4.78, 5) is 20.9. The van der Waals surface area contributed by atoms with Crippen molar-refractivity contribution in [2.24, 2.45) is 0 Å². The molecule has 0 aliphatic rings. The maximum Gasteiger partial charge on any atom is 0.251 e. The summed E-state index contributed by atoms with van der Waals surface area (Å²) in [6.07, 6.45) is 5.57. The molecule has 27 heavy (non-hydrogen) atoms. The molecular formula is C20H17N5O2. The Morgan fingerprint density at radius 3 is 2.85 bits per heavy atom. The van der Waals surface area contributed by atoms with Crippen LogP contribution in [0, 0.1) is 0 Å². The lowest BCUT2D eigenvalue weighted by Gasteiger charge is -2.05. The van der Waals surface area contributed by atoms with E-state index in [0.717, 1.165) is 16.9 Å². The number of hydrogen-bond acceptors (Lipinski definition) is 5. The van der Waals surface area contributed by atoms with E-state index in [9.17, 15) is 4.79 Å². The molecule has 0 saturated carbocycles. The summed E-state index contributed by atoms with van der Waals surface area (Å²) in [6, 6.07) is 14.7. The summed E-state index contributed by atoms with van der Waals surface area (Å²) < 4.78 is 5.38. The van der Waals surface area contributed by atoms with Crippen LogP contribution in [-0.4, -0.2) is 32.6 Å². The molecule has 134 valence electrons. The molecule has 0 saturated heterocycles.